The molecule has 0 unspecified atom stereocenters. The number of anilines is 2. The molecule has 22 heavy (non-hydrogen) atoms. The zero-order valence-electron chi connectivity index (χ0n) is 12.6. The van der Waals surface area contributed by atoms with E-state index < -0.39 is 9.84 Å². The summed E-state index contributed by atoms with van der Waals surface area (Å²) >= 11 is 1.47. The van der Waals surface area contributed by atoms with Crippen LogP contribution < -0.4 is 10.1 Å². The molecule has 0 fully saturated rings. The number of hydrogen-bond donors (Lipinski definition) is 1. The van der Waals surface area contributed by atoms with Gasteiger partial charge in [0.05, 0.1) is 27.3 Å². The Morgan fingerprint density at radius 1 is 1.14 bits per heavy atom. The number of sulfone groups is 1. The predicted molar refractivity (Wildman–Crippen MR) is 89.2 cm³/mol. The van der Waals surface area contributed by atoms with Crippen molar-refractivity contribution >= 4 is 33.0 Å². The fraction of sp³-hybridized carbons (Fsp3) is 0.250. The van der Waals surface area contributed by atoms with Gasteiger partial charge in [0.15, 0.2) is 9.84 Å². The average molecular weight is 335 g/mol. The molecule has 4 nitrogen and oxygen atoms in total. The molecule has 3 rings (SSSR count). The molecule has 1 heterocycles. The van der Waals surface area contributed by atoms with Gasteiger partial charge < -0.3 is 10.1 Å². The monoisotopic (exact) mass is 335 g/mol. The summed E-state index contributed by atoms with van der Waals surface area (Å²) in [5.74, 6) is 0.796. The second-order valence-corrected chi connectivity index (χ2v) is 8.49. The molecule has 1 N–H and O–H groups in total. The maximum Gasteiger partial charge on any atom is 0.176 e. The van der Waals surface area contributed by atoms with Crippen LogP contribution >= 0.6 is 11.8 Å². The third-order valence-corrected chi connectivity index (χ3v) is 5.67. The van der Waals surface area contributed by atoms with Gasteiger partial charge in [0.25, 0.3) is 0 Å². The van der Waals surface area contributed by atoms with Gasteiger partial charge in [-0.3, -0.25) is 0 Å². The molecule has 0 aromatic heterocycles. The molecule has 0 atom stereocenters. The number of hydrogen-bond acceptors (Lipinski definition) is 5. The van der Waals surface area contributed by atoms with E-state index >= 15 is 0 Å². The smallest absolute Gasteiger partial charge is 0.176 e. The lowest BCUT2D eigenvalue weighted by Crippen LogP contribution is -2.08. The average Bonchev–Trinajstić information content (AvgIpc) is 2.42. The van der Waals surface area contributed by atoms with Crippen LogP contribution in [0.2, 0.25) is 0 Å². The van der Waals surface area contributed by atoms with Gasteiger partial charge in [0.2, 0.25) is 0 Å². The van der Waals surface area contributed by atoms with E-state index in [1.165, 1.54) is 18.0 Å². The molecule has 6 heteroatoms. The van der Waals surface area contributed by atoms with Crippen molar-refractivity contribution in [2.45, 2.75) is 34.6 Å². The molecule has 2 aromatic rings. The first-order valence-electron chi connectivity index (χ1n) is 6.93. The van der Waals surface area contributed by atoms with Crippen LogP contribution in [-0.4, -0.2) is 20.8 Å². The normalized spacial score (nSPS) is 13.3. The minimum atomic E-state index is -3.26. The lowest BCUT2D eigenvalue weighted by molar-refractivity contribution is 0.242. The standard InChI is InChI=1S/C16H17NO3S2/c1-10(2)20-11-7-8-14-13(9-11)17-12-5-4-6-15(16(12)21-14)22(3,18)19/h4-10,17H,1-3H3. The van der Waals surface area contributed by atoms with Gasteiger partial charge in [-0.25, -0.2) is 8.42 Å². The van der Waals surface area contributed by atoms with Gasteiger partial charge in [-0.1, -0.05) is 17.8 Å². The Kier molecular flexibility index (Phi) is 3.82. The van der Waals surface area contributed by atoms with E-state index in [0.29, 0.717) is 4.90 Å². The summed E-state index contributed by atoms with van der Waals surface area (Å²) in [5.41, 5.74) is 1.74. The second-order valence-electron chi connectivity index (χ2n) is 5.46. The Balaban J connectivity index is 2.02. The van der Waals surface area contributed by atoms with Crippen LogP contribution in [0.25, 0.3) is 0 Å². The summed E-state index contributed by atoms with van der Waals surface area (Å²) in [6, 6.07) is 11.1. The Bertz CT molecular complexity index is 829. The second kappa shape index (κ2) is 5.52. The van der Waals surface area contributed by atoms with Crippen molar-refractivity contribution in [3.63, 3.8) is 0 Å². The van der Waals surface area contributed by atoms with Gasteiger partial charge >= 0.3 is 0 Å². The molecule has 2 aromatic carbocycles. The minimum Gasteiger partial charge on any atom is -0.491 e. The summed E-state index contributed by atoms with van der Waals surface area (Å²) in [6.07, 6.45) is 1.34. The summed E-state index contributed by atoms with van der Waals surface area (Å²) in [5, 5.41) is 3.30. The maximum atomic E-state index is 11.9. The zero-order valence-corrected chi connectivity index (χ0v) is 14.2. The molecule has 0 radical (unpaired) electrons. The quantitative estimate of drug-likeness (QED) is 0.781. The predicted octanol–water partition coefficient (Wildman–Crippen LogP) is 4.09. The largest absolute Gasteiger partial charge is 0.491 e. The Morgan fingerprint density at radius 2 is 1.91 bits per heavy atom. The van der Waals surface area contributed by atoms with Gasteiger partial charge in [-0.05, 0) is 38.1 Å². The highest BCUT2D eigenvalue weighted by Gasteiger charge is 2.23. The molecule has 0 spiro atoms. The van der Waals surface area contributed by atoms with E-state index in [1.807, 2.05) is 38.1 Å². The van der Waals surface area contributed by atoms with Gasteiger partial charge in [0.1, 0.15) is 5.75 Å². The number of rotatable bonds is 3. The van der Waals surface area contributed by atoms with E-state index in [2.05, 4.69) is 5.32 Å². The zero-order chi connectivity index (χ0) is 15.9. The van der Waals surface area contributed by atoms with Gasteiger partial charge in [-0.15, -0.1) is 0 Å². The topological polar surface area (TPSA) is 55.4 Å². The molecule has 116 valence electrons. The van der Waals surface area contributed by atoms with Crippen LogP contribution in [0.1, 0.15) is 13.8 Å². The molecule has 0 saturated carbocycles. The first-order chi connectivity index (χ1) is 10.3. The molecule has 1 aliphatic heterocycles. The molecule has 0 aliphatic carbocycles. The van der Waals surface area contributed by atoms with Crippen molar-refractivity contribution in [2.24, 2.45) is 0 Å². The van der Waals surface area contributed by atoms with Crippen LogP contribution in [0.5, 0.6) is 5.75 Å². The summed E-state index contributed by atoms with van der Waals surface area (Å²) < 4.78 is 29.6. The summed E-state index contributed by atoms with van der Waals surface area (Å²) in [4.78, 5) is 2.09. The van der Waals surface area contributed by atoms with Crippen LogP contribution in [0.15, 0.2) is 51.1 Å². The van der Waals surface area contributed by atoms with Crippen LogP contribution in [0.3, 0.4) is 0 Å². The fourth-order valence-corrected chi connectivity index (χ4v) is 4.63. The van der Waals surface area contributed by atoms with E-state index in [9.17, 15) is 8.42 Å². The van der Waals surface area contributed by atoms with E-state index in [1.54, 1.807) is 12.1 Å². The summed E-state index contributed by atoms with van der Waals surface area (Å²) in [7, 11) is -3.26. The maximum absolute atomic E-state index is 11.9. The van der Waals surface area contributed by atoms with E-state index in [-0.39, 0.29) is 6.10 Å². The van der Waals surface area contributed by atoms with Gasteiger partial charge in [0, 0.05) is 17.2 Å². The van der Waals surface area contributed by atoms with Gasteiger partial charge in [-0.2, -0.15) is 0 Å². The molecular formula is C16H17NO3S2. The van der Waals surface area contributed by atoms with Crippen molar-refractivity contribution < 1.29 is 13.2 Å². The third kappa shape index (κ3) is 2.94. The highest BCUT2D eigenvalue weighted by Crippen LogP contribution is 2.47. The molecule has 1 aliphatic rings. The molecule has 0 amide bonds. The van der Waals surface area contributed by atoms with Crippen LogP contribution in [0, 0.1) is 0 Å². The highest BCUT2D eigenvalue weighted by molar-refractivity contribution is 8.00. The van der Waals surface area contributed by atoms with E-state index in [0.717, 1.165) is 26.9 Å². The number of fused-ring (bicyclic) bond motifs is 2. The van der Waals surface area contributed by atoms with Crippen molar-refractivity contribution in [1.82, 2.24) is 0 Å². The van der Waals surface area contributed by atoms with Crippen LogP contribution in [-0.2, 0) is 9.84 Å². The van der Waals surface area contributed by atoms with Crippen molar-refractivity contribution in [3.8, 4) is 5.75 Å². The first kappa shape index (κ1) is 15.2. The third-order valence-electron chi connectivity index (χ3n) is 3.18. The number of nitrogens with one attached hydrogen (secondary N) is 1. The Hall–Kier alpha value is -1.66. The first-order valence-corrected chi connectivity index (χ1v) is 9.64. The van der Waals surface area contributed by atoms with Crippen molar-refractivity contribution in [3.05, 3.63) is 36.4 Å². The molecule has 0 saturated heterocycles. The lowest BCUT2D eigenvalue weighted by Gasteiger charge is -2.23. The lowest BCUT2D eigenvalue weighted by atomic mass is 10.2. The molecule has 0 bridgehead atoms. The summed E-state index contributed by atoms with van der Waals surface area (Å²) in [6.45, 7) is 3.96. The van der Waals surface area contributed by atoms with Crippen molar-refractivity contribution in [2.75, 3.05) is 11.6 Å². The highest BCUT2D eigenvalue weighted by atomic mass is 32.2. The van der Waals surface area contributed by atoms with Crippen molar-refractivity contribution in [1.29, 1.82) is 0 Å². The number of ether oxygens (including phenoxy) is 1. The fourth-order valence-electron chi connectivity index (χ4n) is 2.31. The minimum absolute atomic E-state index is 0.110. The van der Waals surface area contributed by atoms with Crippen LogP contribution in [0.4, 0.5) is 11.4 Å². The SMILES string of the molecule is CC(C)Oc1ccc2c(c1)Nc1cccc(S(C)(=O)=O)c1S2. The van der Waals surface area contributed by atoms with E-state index in [4.69, 9.17) is 4.74 Å². The number of benzene rings is 2. The Morgan fingerprint density at radius 3 is 2.59 bits per heavy atom. The molecular weight excluding hydrogens is 318 g/mol. The Labute approximate surface area is 134 Å².